The Kier molecular flexibility index (Phi) is 15.2. The highest BCUT2D eigenvalue weighted by molar-refractivity contribution is 7.49. The molecule has 6 heteroatoms. The molecule has 5 nitrogen and oxygen atoms in total. The molecule has 0 aromatic heterocycles. The molecule has 0 radical (unpaired) electrons. The van der Waals surface area contributed by atoms with Gasteiger partial charge in [-0.3, -0.25) is 0 Å². The number of hydrogen-bond acceptors (Lipinski definition) is 5. The van der Waals surface area contributed by atoms with Crippen LogP contribution in [0, 0.1) is 0 Å². The van der Waals surface area contributed by atoms with Gasteiger partial charge < -0.3 is 13.9 Å². The molecule has 2 aliphatic heterocycles. The van der Waals surface area contributed by atoms with E-state index in [-0.39, 0.29) is 0 Å². The van der Waals surface area contributed by atoms with E-state index in [0.717, 1.165) is 38.5 Å². The topological polar surface area (TPSA) is 54.0 Å². The first-order valence-electron chi connectivity index (χ1n) is 16.7. The summed E-state index contributed by atoms with van der Waals surface area (Å²) in [6, 6.07) is 0. The third-order valence-corrected chi connectivity index (χ3v) is 9.47. The maximum absolute atomic E-state index is 12.9. The van der Waals surface area contributed by atoms with Crippen molar-refractivity contribution in [1.29, 1.82) is 0 Å². The summed E-state index contributed by atoms with van der Waals surface area (Å²) in [7, 11) is -3.70. The summed E-state index contributed by atoms with van der Waals surface area (Å²) in [6.07, 6.45) is 29.7. The monoisotopic (exact) mass is 564 g/mol. The Labute approximate surface area is 239 Å². The van der Waals surface area contributed by atoms with Gasteiger partial charge in [0.1, 0.15) is 0 Å². The lowest BCUT2D eigenvalue weighted by molar-refractivity contribution is -0.126. The molecular formula is C33H57O5P. The van der Waals surface area contributed by atoms with Crippen molar-refractivity contribution >= 4 is 7.82 Å². The van der Waals surface area contributed by atoms with E-state index in [1.165, 1.54) is 132 Å². The SMILES string of the molecule is CCCCCCCCCc1c(CCCCCCCCC)c2c3c(c1CCCCCCCCC)OP(=O)(OO2)O3. The number of phosphoric ester groups is 1. The lowest BCUT2D eigenvalue weighted by Gasteiger charge is -2.21. The molecule has 1 unspecified atom stereocenters. The molecule has 0 spiro atoms. The van der Waals surface area contributed by atoms with E-state index < -0.39 is 7.82 Å². The number of unbranched alkanes of at least 4 members (excludes halogenated alkanes) is 18. The predicted molar refractivity (Wildman–Crippen MR) is 162 cm³/mol. The summed E-state index contributed by atoms with van der Waals surface area (Å²) in [6.45, 7) is 6.80. The van der Waals surface area contributed by atoms with Crippen LogP contribution in [0.1, 0.15) is 172 Å². The van der Waals surface area contributed by atoms with Crippen LogP contribution in [0.2, 0.25) is 0 Å². The smallest absolute Gasteiger partial charge is 0.389 e. The Morgan fingerprint density at radius 2 is 0.795 bits per heavy atom. The van der Waals surface area contributed by atoms with Gasteiger partial charge in [0.15, 0.2) is 5.75 Å². The first-order valence-corrected chi connectivity index (χ1v) is 18.2. The molecule has 39 heavy (non-hydrogen) atoms. The molecule has 224 valence electrons. The molecule has 2 heterocycles. The van der Waals surface area contributed by atoms with Crippen LogP contribution in [0.25, 0.3) is 0 Å². The Bertz CT molecular complexity index is 884. The van der Waals surface area contributed by atoms with E-state index in [4.69, 9.17) is 18.6 Å². The van der Waals surface area contributed by atoms with E-state index in [9.17, 15) is 4.57 Å². The standard InChI is InChI=1S/C33H57O5P/c1-4-7-10-13-16-19-22-25-28-29(26-23-20-17-14-11-8-5-2)31-33-32(36-39(34,37-33)38-35-31)30(28)27-24-21-18-15-12-9-6-3/h4-27H2,1-3H3. The predicted octanol–water partition coefficient (Wildman–Crippen LogP) is 11.8. The Balaban J connectivity index is 1.72. The molecule has 0 saturated heterocycles. The van der Waals surface area contributed by atoms with Gasteiger partial charge in [0.05, 0.1) is 0 Å². The zero-order valence-corrected chi connectivity index (χ0v) is 26.4. The summed E-state index contributed by atoms with van der Waals surface area (Å²) in [5, 5.41) is 0. The largest absolute Gasteiger partial charge is 0.625 e. The Hall–Kier alpha value is -1.19. The summed E-state index contributed by atoms with van der Waals surface area (Å²) in [4.78, 5) is 5.67. The van der Waals surface area contributed by atoms with Crippen LogP contribution >= 0.6 is 7.82 Å². The van der Waals surface area contributed by atoms with Gasteiger partial charge in [-0.1, -0.05) is 141 Å². The van der Waals surface area contributed by atoms with Crippen molar-refractivity contribution in [2.24, 2.45) is 0 Å². The lowest BCUT2D eigenvalue weighted by atomic mass is 9.88. The zero-order chi connectivity index (χ0) is 27.8. The van der Waals surface area contributed by atoms with E-state index in [2.05, 4.69) is 20.8 Å². The molecule has 0 saturated carbocycles. The second-order valence-corrected chi connectivity index (χ2v) is 13.2. The first-order chi connectivity index (χ1) is 19.1. The van der Waals surface area contributed by atoms with Crippen molar-refractivity contribution < 1.29 is 23.2 Å². The van der Waals surface area contributed by atoms with Crippen LogP contribution < -0.4 is 13.9 Å². The van der Waals surface area contributed by atoms with Crippen molar-refractivity contribution in [3.63, 3.8) is 0 Å². The van der Waals surface area contributed by atoms with E-state index in [1.807, 2.05) is 0 Å². The van der Waals surface area contributed by atoms with Crippen LogP contribution in [-0.2, 0) is 28.5 Å². The van der Waals surface area contributed by atoms with Gasteiger partial charge in [-0.2, -0.15) is 0 Å². The lowest BCUT2D eigenvalue weighted by Crippen LogP contribution is -2.09. The van der Waals surface area contributed by atoms with Crippen LogP contribution in [0.5, 0.6) is 17.2 Å². The van der Waals surface area contributed by atoms with Gasteiger partial charge in [0.25, 0.3) is 0 Å². The summed E-state index contributed by atoms with van der Waals surface area (Å²) < 4.78 is 29.8. The number of rotatable bonds is 24. The molecular weight excluding hydrogens is 507 g/mol. The van der Waals surface area contributed by atoms with E-state index in [1.54, 1.807) is 0 Å². The minimum Gasteiger partial charge on any atom is -0.389 e. The quantitative estimate of drug-likeness (QED) is 0.0710. The van der Waals surface area contributed by atoms with Gasteiger partial charge in [-0.15, -0.1) is 0 Å². The van der Waals surface area contributed by atoms with Gasteiger partial charge in [-0.25, -0.2) is 4.57 Å². The fourth-order valence-electron chi connectivity index (χ4n) is 6.06. The molecule has 0 aliphatic carbocycles. The number of hydrogen-bond donors (Lipinski definition) is 0. The maximum atomic E-state index is 12.9. The van der Waals surface area contributed by atoms with Gasteiger partial charge >= 0.3 is 7.82 Å². The van der Waals surface area contributed by atoms with Crippen LogP contribution in [0.4, 0.5) is 0 Å². The molecule has 3 rings (SSSR count). The molecule has 2 aliphatic rings. The van der Waals surface area contributed by atoms with Crippen LogP contribution in [0.15, 0.2) is 0 Å². The number of fused-ring (bicyclic) bond motifs is 1. The maximum Gasteiger partial charge on any atom is 0.625 e. The van der Waals surface area contributed by atoms with Crippen molar-refractivity contribution in [3.05, 3.63) is 16.7 Å². The third kappa shape index (κ3) is 10.3. The minimum atomic E-state index is -3.70. The highest BCUT2D eigenvalue weighted by Gasteiger charge is 2.50. The van der Waals surface area contributed by atoms with E-state index in [0.29, 0.717) is 17.2 Å². The molecule has 1 aromatic rings. The molecule has 0 N–H and O–H groups in total. The average Bonchev–Trinajstić information content (AvgIpc) is 3.23. The molecule has 1 aromatic carbocycles. The third-order valence-electron chi connectivity index (χ3n) is 8.40. The van der Waals surface area contributed by atoms with Gasteiger partial charge in [-0.05, 0) is 44.1 Å². The fraction of sp³-hybridized carbons (Fsp3) is 0.818. The van der Waals surface area contributed by atoms with Crippen molar-refractivity contribution in [2.45, 2.75) is 175 Å². The molecule has 0 amide bonds. The minimum absolute atomic E-state index is 0.531. The Morgan fingerprint density at radius 3 is 1.26 bits per heavy atom. The van der Waals surface area contributed by atoms with E-state index >= 15 is 0 Å². The Morgan fingerprint density at radius 1 is 0.436 bits per heavy atom. The van der Waals surface area contributed by atoms with Crippen LogP contribution in [-0.4, -0.2) is 0 Å². The van der Waals surface area contributed by atoms with Crippen molar-refractivity contribution in [2.75, 3.05) is 0 Å². The fourth-order valence-corrected chi connectivity index (χ4v) is 7.13. The van der Waals surface area contributed by atoms with Crippen molar-refractivity contribution in [3.8, 4) is 17.2 Å². The van der Waals surface area contributed by atoms with Crippen LogP contribution in [0.3, 0.4) is 0 Å². The summed E-state index contributed by atoms with van der Waals surface area (Å²) in [5.41, 5.74) is 3.78. The molecule has 1 atom stereocenters. The summed E-state index contributed by atoms with van der Waals surface area (Å²) in [5.74, 6) is 1.79. The second kappa shape index (κ2) is 18.3. The normalized spacial score (nSPS) is 17.2. The number of benzene rings is 1. The molecule has 2 bridgehead atoms. The first kappa shape index (κ1) is 32.3. The average molecular weight is 565 g/mol. The highest BCUT2D eigenvalue weighted by atomic mass is 31.2. The van der Waals surface area contributed by atoms with Crippen molar-refractivity contribution in [1.82, 2.24) is 0 Å². The van der Waals surface area contributed by atoms with Gasteiger partial charge in [0, 0.05) is 11.1 Å². The highest BCUT2D eigenvalue weighted by Crippen LogP contribution is 2.68. The molecule has 0 fully saturated rings. The summed E-state index contributed by atoms with van der Waals surface area (Å²) >= 11 is 0. The van der Waals surface area contributed by atoms with Gasteiger partial charge in [0.2, 0.25) is 11.5 Å². The number of phosphoric acid groups is 1. The zero-order valence-electron chi connectivity index (χ0n) is 25.5. The second-order valence-electron chi connectivity index (χ2n) is 11.8.